The highest BCUT2D eigenvalue weighted by atomic mass is 79.9. The van der Waals surface area contributed by atoms with Crippen molar-refractivity contribution in [2.24, 2.45) is 5.16 Å². The topological polar surface area (TPSA) is 52.9 Å². The Balaban J connectivity index is 2.13. The molecule has 0 unspecified atom stereocenters. The van der Waals surface area contributed by atoms with Gasteiger partial charge in [-0.05, 0) is 24.6 Å². The largest absolute Gasteiger partial charge is 0.410 e. The van der Waals surface area contributed by atoms with E-state index in [1.54, 1.807) is 4.90 Å². The first kappa shape index (κ1) is 14.8. The second-order valence-electron chi connectivity index (χ2n) is 5.13. The quantitative estimate of drug-likeness (QED) is 0.515. The second kappa shape index (κ2) is 6.32. The summed E-state index contributed by atoms with van der Waals surface area (Å²) in [6, 6.07) is 15.1. The molecule has 0 radical (unpaired) electrons. The number of carbonyl (C=O) groups excluding carboxylic acids is 1. The predicted molar refractivity (Wildman–Crippen MR) is 89.6 cm³/mol. The summed E-state index contributed by atoms with van der Waals surface area (Å²) in [5.41, 5.74) is 2.77. The zero-order chi connectivity index (χ0) is 15.5. The van der Waals surface area contributed by atoms with Crippen LogP contribution in [0.1, 0.15) is 24.0 Å². The van der Waals surface area contributed by atoms with Crippen molar-refractivity contribution in [3.8, 4) is 0 Å². The van der Waals surface area contributed by atoms with E-state index in [0.717, 1.165) is 27.7 Å². The first-order valence-electron chi connectivity index (χ1n) is 7.08. The summed E-state index contributed by atoms with van der Waals surface area (Å²) < 4.78 is 0.870. The van der Waals surface area contributed by atoms with E-state index in [4.69, 9.17) is 0 Å². The normalized spacial score (nSPS) is 15.4. The van der Waals surface area contributed by atoms with Crippen molar-refractivity contribution < 1.29 is 10.0 Å². The van der Waals surface area contributed by atoms with Crippen LogP contribution in [-0.2, 0) is 4.79 Å². The minimum Gasteiger partial charge on any atom is -0.410 e. The van der Waals surface area contributed by atoms with Gasteiger partial charge in [-0.3, -0.25) is 4.79 Å². The van der Waals surface area contributed by atoms with Crippen LogP contribution in [0.25, 0.3) is 0 Å². The van der Waals surface area contributed by atoms with Gasteiger partial charge in [0.05, 0.1) is 5.69 Å². The van der Waals surface area contributed by atoms with Crippen molar-refractivity contribution >= 4 is 33.2 Å². The highest BCUT2D eigenvalue weighted by molar-refractivity contribution is 9.10. The SMILES string of the molecule is O=C1CCCN1c1ccc(Br)cc1/C(=N\O)c1ccccc1. The minimum atomic E-state index is 0.105. The molecule has 22 heavy (non-hydrogen) atoms. The third-order valence-corrected chi connectivity index (χ3v) is 4.22. The van der Waals surface area contributed by atoms with Crippen molar-refractivity contribution in [2.45, 2.75) is 12.8 Å². The fraction of sp³-hybridized carbons (Fsp3) is 0.176. The first-order valence-corrected chi connectivity index (χ1v) is 7.88. The van der Waals surface area contributed by atoms with Crippen LogP contribution < -0.4 is 4.90 Å². The summed E-state index contributed by atoms with van der Waals surface area (Å²) in [5, 5.41) is 13.0. The van der Waals surface area contributed by atoms with Crippen molar-refractivity contribution in [2.75, 3.05) is 11.4 Å². The lowest BCUT2D eigenvalue weighted by Crippen LogP contribution is -2.26. The molecule has 5 heteroatoms. The number of halogens is 1. The lowest BCUT2D eigenvalue weighted by atomic mass is 10.00. The maximum Gasteiger partial charge on any atom is 0.227 e. The van der Waals surface area contributed by atoms with Gasteiger partial charge < -0.3 is 10.1 Å². The van der Waals surface area contributed by atoms with E-state index in [2.05, 4.69) is 21.1 Å². The number of amides is 1. The van der Waals surface area contributed by atoms with E-state index in [9.17, 15) is 10.0 Å². The number of benzene rings is 2. The summed E-state index contributed by atoms with van der Waals surface area (Å²) >= 11 is 3.45. The molecular weight excluding hydrogens is 344 g/mol. The molecule has 1 N–H and O–H groups in total. The van der Waals surface area contributed by atoms with Gasteiger partial charge in [0.15, 0.2) is 0 Å². The van der Waals surface area contributed by atoms with Crippen molar-refractivity contribution in [3.05, 3.63) is 64.1 Å². The molecule has 2 aromatic carbocycles. The molecule has 112 valence electrons. The van der Waals surface area contributed by atoms with Crippen molar-refractivity contribution in [1.29, 1.82) is 0 Å². The average Bonchev–Trinajstić information content (AvgIpc) is 2.95. The molecule has 1 heterocycles. The third kappa shape index (κ3) is 2.76. The van der Waals surface area contributed by atoms with Crippen LogP contribution in [0.5, 0.6) is 0 Å². The van der Waals surface area contributed by atoms with E-state index in [0.29, 0.717) is 18.7 Å². The molecule has 3 rings (SSSR count). The summed E-state index contributed by atoms with van der Waals surface area (Å²) in [6.45, 7) is 0.695. The molecule has 1 aliphatic rings. The van der Waals surface area contributed by atoms with Crippen LogP contribution in [0, 0.1) is 0 Å². The third-order valence-electron chi connectivity index (χ3n) is 3.73. The maximum atomic E-state index is 12.1. The summed E-state index contributed by atoms with van der Waals surface area (Å²) in [5.74, 6) is 0.105. The Labute approximate surface area is 137 Å². The Morgan fingerprint density at radius 2 is 1.95 bits per heavy atom. The van der Waals surface area contributed by atoms with Gasteiger partial charge in [0, 0.05) is 28.6 Å². The molecule has 2 aromatic rings. The van der Waals surface area contributed by atoms with E-state index in [1.165, 1.54) is 0 Å². The number of hydrogen-bond acceptors (Lipinski definition) is 3. The van der Waals surface area contributed by atoms with E-state index < -0.39 is 0 Å². The van der Waals surface area contributed by atoms with Crippen molar-refractivity contribution in [1.82, 2.24) is 0 Å². The summed E-state index contributed by atoms with van der Waals surface area (Å²) in [6.07, 6.45) is 1.41. The zero-order valence-corrected chi connectivity index (χ0v) is 13.5. The summed E-state index contributed by atoms with van der Waals surface area (Å²) in [4.78, 5) is 13.8. The number of nitrogens with zero attached hydrogens (tertiary/aromatic N) is 2. The zero-order valence-electron chi connectivity index (χ0n) is 11.9. The average molecular weight is 359 g/mol. The molecule has 0 bridgehead atoms. The van der Waals surface area contributed by atoms with Crippen LogP contribution in [0.3, 0.4) is 0 Å². The highest BCUT2D eigenvalue weighted by Gasteiger charge is 2.25. The molecule has 1 fully saturated rings. The van der Waals surface area contributed by atoms with Crippen molar-refractivity contribution in [3.63, 3.8) is 0 Å². The monoisotopic (exact) mass is 358 g/mol. The smallest absolute Gasteiger partial charge is 0.227 e. The number of rotatable bonds is 3. The standard InChI is InChI=1S/C17H15BrN2O2/c18-13-8-9-15(20-10-4-7-16(20)21)14(11-13)17(19-22)12-5-2-1-3-6-12/h1-3,5-6,8-9,11,22H,4,7,10H2/b19-17-. The first-order chi connectivity index (χ1) is 10.7. The molecule has 0 aliphatic carbocycles. The van der Waals surface area contributed by atoms with Gasteiger partial charge in [0.2, 0.25) is 5.91 Å². The molecule has 0 aromatic heterocycles. The molecule has 4 nitrogen and oxygen atoms in total. The predicted octanol–water partition coefficient (Wildman–Crippen LogP) is 3.80. The van der Waals surface area contributed by atoms with Gasteiger partial charge in [-0.25, -0.2) is 0 Å². The molecule has 1 saturated heterocycles. The molecule has 0 atom stereocenters. The van der Waals surface area contributed by atoms with Gasteiger partial charge in [0.25, 0.3) is 0 Å². The lowest BCUT2D eigenvalue weighted by Gasteiger charge is -2.20. The second-order valence-corrected chi connectivity index (χ2v) is 6.04. The van der Waals surface area contributed by atoms with E-state index in [1.807, 2.05) is 48.5 Å². The Bertz CT molecular complexity index is 729. The van der Waals surface area contributed by atoms with Crippen LogP contribution in [0.15, 0.2) is 58.2 Å². The van der Waals surface area contributed by atoms with Gasteiger partial charge in [0.1, 0.15) is 5.71 Å². The maximum absolute atomic E-state index is 12.1. The van der Waals surface area contributed by atoms with Crippen LogP contribution in [-0.4, -0.2) is 23.4 Å². The van der Waals surface area contributed by atoms with Gasteiger partial charge in [-0.1, -0.05) is 51.4 Å². The highest BCUT2D eigenvalue weighted by Crippen LogP contribution is 2.30. The number of carbonyl (C=O) groups is 1. The number of hydrogen-bond donors (Lipinski definition) is 1. The van der Waals surface area contributed by atoms with Crippen LogP contribution >= 0.6 is 15.9 Å². The molecule has 0 saturated carbocycles. The van der Waals surface area contributed by atoms with Crippen LogP contribution in [0.2, 0.25) is 0 Å². The molecule has 1 amide bonds. The Hall–Kier alpha value is -2.14. The summed E-state index contributed by atoms with van der Waals surface area (Å²) in [7, 11) is 0. The minimum absolute atomic E-state index is 0.105. The Kier molecular flexibility index (Phi) is 4.24. The molecular formula is C17H15BrN2O2. The fourth-order valence-corrected chi connectivity index (χ4v) is 3.06. The molecule has 1 aliphatic heterocycles. The number of oxime groups is 1. The van der Waals surface area contributed by atoms with E-state index >= 15 is 0 Å². The van der Waals surface area contributed by atoms with E-state index in [-0.39, 0.29) is 5.91 Å². The van der Waals surface area contributed by atoms with Gasteiger partial charge in [-0.2, -0.15) is 0 Å². The lowest BCUT2D eigenvalue weighted by molar-refractivity contribution is -0.117. The Morgan fingerprint density at radius 1 is 1.18 bits per heavy atom. The Morgan fingerprint density at radius 3 is 2.59 bits per heavy atom. The van der Waals surface area contributed by atoms with Crippen LogP contribution in [0.4, 0.5) is 5.69 Å². The van der Waals surface area contributed by atoms with Gasteiger partial charge in [-0.15, -0.1) is 0 Å². The van der Waals surface area contributed by atoms with Gasteiger partial charge >= 0.3 is 0 Å². The molecule has 0 spiro atoms. The fourth-order valence-electron chi connectivity index (χ4n) is 2.70. The number of anilines is 1.